The Morgan fingerprint density at radius 3 is 3.15 bits per heavy atom. The van der Waals surface area contributed by atoms with Gasteiger partial charge in [-0.3, -0.25) is 4.79 Å². The summed E-state index contributed by atoms with van der Waals surface area (Å²) in [5.74, 6) is 0.703. The quantitative estimate of drug-likeness (QED) is 0.740. The molecule has 2 aliphatic heterocycles. The minimum absolute atomic E-state index is 0.0477. The van der Waals surface area contributed by atoms with Gasteiger partial charge < -0.3 is 19.7 Å². The summed E-state index contributed by atoms with van der Waals surface area (Å²) in [6.07, 6.45) is 4.94. The Balaban J connectivity index is 1.69. The summed E-state index contributed by atoms with van der Waals surface area (Å²) in [6, 6.07) is 1.97. The third-order valence-electron chi connectivity index (χ3n) is 5.18. The van der Waals surface area contributed by atoms with Gasteiger partial charge in [-0.15, -0.1) is 11.3 Å². The van der Waals surface area contributed by atoms with Gasteiger partial charge in [0.15, 0.2) is 0 Å². The van der Waals surface area contributed by atoms with Gasteiger partial charge in [0.2, 0.25) is 0 Å². The van der Waals surface area contributed by atoms with Gasteiger partial charge in [0.05, 0.1) is 11.5 Å². The molecule has 3 aromatic rings. The van der Waals surface area contributed by atoms with E-state index in [9.17, 15) is 9.90 Å². The van der Waals surface area contributed by atoms with Crippen molar-refractivity contribution in [3.8, 4) is 11.1 Å². The second-order valence-corrected chi connectivity index (χ2v) is 7.78. The minimum atomic E-state index is -0.150. The molecule has 2 N–H and O–H groups in total. The van der Waals surface area contributed by atoms with Gasteiger partial charge in [0, 0.05) is 29.8 Å². The lowest BCUT2D eigenvalue weighted by Gasteiger charge is -2.18. The molecule has 8 heteroatoms. The van der Waals surface area contributed by atoms with Crippen LogP contribution in [0.15, 0.2) is 24.0 Å². The van der Waals surface area contributed by atoms with E-state index in [-0.39, 0.29) is 24.8 Å². The number of carbonyl (C=O) groups excluding carboxylic acids is 1. The number of rotatable bonds is 3. The molecule has 134 valence electrons. The molecule has 1 fully saturated rings. The standard InChI is InChI=1S/C18H18N4O3S/c1-9-6-10(2-4-23)25-18(9)22-7-12-11-3-5-26-14(11)17(24)21-15-13(12)16(22)20-8-19-15/h3,5,7-10,18,23H,2,4,6H2,1H3,(H,19,20,21,24)/t9?,10-,18-/m1/s1. The number of anilines is 1. The van der Waals surface area contributed by atoms with Crippen molar-refractivity contribution in [1.82, 2.24) is 14.5 Å². The second kappa shape index (κ2) is 5.87. The fourth-order valence-corrected chi connectivity index (χ4v) is 4.83. The van der Waals surface area contributed by atoms with Crippen LogP contribution in [0.3, 0.4) is 0 Å². The first-order valence-electron chi connectivity index (χ1n) is 8.68. The van der Waals surface area contributed by atoms with E-state index in [2.05, 4.69) is 26.8 Å². The number of nitrogens with zero attached hydrogens (tertiary/aromatic N) is 3. The number of hydrogen-bond donors (Lipinski definition) is 2. The monoisotopic (exact) mass is 370 g/mol. The topological polar surface area (TPSA) is 89.3 Å². The van der Waals surface area contributed by atoms with E-state index in [1.54, 1.807) is 0 Å². The maximum Gasteiger partial charge on any atom is 0.267 e. The molecule has 0 spiro atoms. The zero-order valence-corrected chi connectivity index (χ0v) is 15.0. The van der Waals surface area contributed by atoms with Crippen molar-refractivity contribution in [3.05, 3.63) is 28.8 Å². The van der Waals surface area contributed by atoms with Crippen molar-refractivity contribution in [2.45, 2.75) is 32.1 Å². The molecule has 7 nitrogen and oxygen atoms in total. The summed E-state index contributed by atoms with van der Waals surface area (Å²) >= 11 is 1.42. The van der Waals surface area contributed by atoms with Gasteiger partial charge in [-0.25, -0.2) is 9.97 Å². The van der Waals surface area contributed by atoms with E-state index in [1.165, 1.54) is 17.7 Å². The van der Waals surface area contributed by atoms with Crippen LogP contribution in [0.2, 0.25) is 0 Å². The van der Waals surface area contributed by atoms with E-state index in [1.807, 2.05) is 17.6 Å². The lowest BCUT2D eigenvalue weighted by molar-refractivity contribution is -0.0160. The van der Waals surface area contributed by atoms with Crippen molar-refractivity contribution in [2.24, 2.45) is 5.92 Å². The van der Waals surface area contributed by atoms with E-state index in [0.717, 1.165) is 28.6 Å². The minimum Gasteiger partial charge on any atom is -0.396 e. The predicted octanol–water partition coefficient (Wildman–Crippen LogP) is 3.03. The Morgan fingerprint density at radius 2 is 2.31 bits per heavy atom. The molecule has 1 saturated heterocycles. The van der Waals surface area contributed by atoms with E-state index in [0.29, 0.717) is 23.0 Å². The Bertz CT molecular complexity index is 1010. The van der Waals surface area contributed by atoms with Gasteiger partial charge in [0.25, 0.3) is 5.91 Å². The number of hydrogen-bond acceptors (Lipinski definition) is 6. The zero-order valence-electron chi connectivity index (χ0n) is 14.2. The van der Waals surface area contributed by atoms with Crippen molar-refractivity contribution < 1.29 is 14.6 Å². The number of fused-ring (bicyclic) bond motifs is 2. The van der Waals surface area contributed by atoms with Crippen molar-refractivity contribution in [2.75, 3.05) is 11.9 Å². The number of ether oxygens (including phenoxy) is 1. The van der Waals surface area contributed by atoms with Crippen LogP contribution in [-0.4, -0.2) is 38.3 Å². The zero-order chi connectivity index (χ0) is 17.8. The number of carbonyl (C=O) groups is 1. The number of aromatic nitrogens is 3. The second-order valence-electron chi connectivity index (χ2n) is 6.86. The van der Waals surface area contributed by atoms with Crippen LogP contribution in [0.5, 0.6) is 0 Å². The first-order valence-corrected chi connectivity index (χ1v) is 9.56. The number of thiophene rings is 1. The average molecular weight is 370 g/mol. The highest BCUT2D eigenvalue weighted by Crippen LogP contribution is 2.44. The smallest absolute Gasteiger partial charge is 0.267 e. The lowest BCUT2D eigenvalue weighted by Crippen LogP contribution is -2.15. The molecular formula is C18H18N4O3S. The molecule has 0 aliphatic carbocycles. The van der Waals surface area contributed by atoms with Crippen molar-refractivity contribution in [3.63, 3.8) is 0 Å². The normalized spacial score (nSPS) is 24.5. The number of amides is 1. The summed E-state index contributed by atoms with van der Waals surface area (Å²) in [4.78, 5) is 21.9. The molecular weight excluding hydrogens is 352 g/mol. The highest BCUT2D eigenvalue weighted by molar-refractivity contribution is 7.12. The Morgan fingerprint density at radius 1 is 1.42 bits per heavy atom. The Labute approximate surface area is 153 Å². The van der Waals surface area contributed by atoms with Gasteiger partial charge in [0.1, 0.15) is 28.9 Å². The summed E-state index contributed by atoms with van der Waals surface area (Å²) in [6.45, 7) is 2.28. The average Bonchev–Trinajstić information content (AvgIpc) is 3.30. The van der Waals surface area contributed by atoms with Crippen LogP contribution in [0.25, 0.3) is 22.2 Å². The SMILES string of the molecule is CC1C[C@@H](CCO)O[C@H]1n1cc2c3c(ncnc31)NC(=O)c1sccc1-2. The summed E-state index contributed by atoms with van der Waals surface area (Å²) < 4.78 is 8.26. The fourth-order valence-electron chi connectivity index (χ4n) is 4.03. The number of aliphatic hydroxyl groups excluding tert-OH is 1. The molecule has 0 saturated carbocycles. The van der Waals surface area contributed by atoms with Crippen LogP contribution in [0, 0.1) is 5.92 Å². The number of nitrogens with one attached hydrogen (secondary N) is 1. The van der Waals surface area contributed by atoms with Crippen LogP contribution in [-0.2, 0) is 4.74 Å². The molecule has 26 heavy (non-hydrogen) atoms. The first kappa shape index (κ1) is 15.9. The molecule has 0 radical (unpaired) electrons. The summed E-state index contributed by atoms with van der Waals surface area (Å²) in [5, 5.41) is 14.9. The maximum absolute atomic E-state index is 12.5. The molecule has 5 heterocycles. The van der Waals surface area contributed by atoms with E-state index in [4.69, 9.17) is 4.74 Å². The summed E-state index contributed by atoms with van der Waals surface area (Å²) in [5.41, 5.74) is 2.61. The molecule has 3 atom stereocenters. The van der Waals surface area contributed by atoms with Crippen molar-refractivity contribution >= 4 is 34.1 Å². The molecule has 5 rings (SSSR count). The van der Waals surface area contributed by atoms with E-state index < -0.39 is 0 Å². The Hall–Kier alpha value is -2.29. The van der Waals surface area contributed by atoms with Crippen LogP contribution in [0.4, 0.5) is 5.82 Å². The highest BCUT2D eigenvalue weighted by Gasteiger charge is 2.36. The van der Waals surface area contributed by atoms with Crippen LogP contribution < -0.4 is 5.32 Å². The molecule has 1 amide bonds. The van der Waals surface area contributed by atoms with Gasteiger partial charge in [-0.2, -0.15) is 0 Å². The van der Waals surface area contributed by atoms with Gasteiger partial charge >= 0.3 is 0 Å². The first-order chi connectivity index (χ1) is 12.7. The van der Waals surface area contributed by atoms with Gasteiger partial charge in [-0.1, -0.05) is 6.92 Å². The molecule has 1 unspecified atom stereocenters. The lowest BCUT2D eigenvalue weighted by atomic mass is 10.0. The van der Waals surface area contributed by atoms with Gasteiger partial charge in [-0.05, 0) is 24.3 Å². The third kappa shape index (κ3) is 2.22. The number of aliphatic hydroxyl groups is 1. The maximum atomic E-state index is 12.5. The molecule has 3 aromatic heterocycles. The third-order valence-corrected chi connectivity index (χ3v) is 6.09. The Kier molecular flexibility index (Phi) is 3.59. The highest BCUT2D eigenvalue weighted by atomic mass is 32.1. The van der Waals surface area contributed by atoms with Crippen LogP contribution in [0.1, 0.15) is 35.7 Å². The molecule has 0 bridgehead atoms. The summed E-state index contributed by atoms with van der Waals surface area (Å²) in [7, 11) is 0. The fraction of sp³-hybridized carbons (Fsp3) is 0.389. The molecule has 2 aliphatic rings. The van der Waals surface area contributed by atoms with Crippen molar-refractivity contribution in [1.29, 1.82) is 0 Å². The largest absolute Gasteiger partial charge is 0.396 e. The predicted molar refractivity (Wildman–Crippen MR) is 98.2 cm³/mol. The van der Waals surface area contributed by atoms with Crippen LogP contribution >= 0.6 is 11.3 Å². The molecule has 0 aromatic carbocycles. The van der Waals surface area contributed by atoms with E-state index >= 15 is 0 Å².